The van der Waals surface area contributed by atoms with Gasteiger partial charge in [-0.15, -0.1) is 0 Å². The summed E-state index contributed by atoms with van der Waals surface area (Å²) in [7, 11) is 0. The highest BCUT2D eigenvalue weighted by Gasteiger charge is 2.14. The summed E-state index contributed by atoms with van der Waals surface area (Å²) in [5.41, 5.74) is 3.54. The summed E-state index contributed by atoms with van der Waals surface area (Å²) in [6.07, 6.45) is 1.66. The van der Waals surface area contributed by atoms with E-state index in [0.29, 0.717) is 18.9 Å². The van der Waals surface area contributed by atoms with Crippen LogP contribution in [0.15, 0.2) is 42.5 Å². The second kappa shape index (κ2) is 9.85. The first kappa shape index (κ1) is 19.8. The SMILES string of the molecule is CCCc1ccc(OCCNC(=O)[C@H](C)Oc2cc(C)cc(C)c2)cc1. The largest absolute Gasteiger partial charge is 0.492 e. The van der Waals surface area contributed by atoms with Crippen LogP contribution in [0.2, 0.25) is 0 Å². The average Bonchev–Trinajstić information content (AvgIpc) is 2.59. The molecule has 26 heavy (non-hydrogen) atoms. The molecule has 0 fully saturated rings. The van der Waals surface area contributed by atoms with Crippen LogP contribution in [0.5, 0.6) is 11.5 Å². The van der Waals surface area contributed by atoms with Crippen molar-refractivity contribution in [2.24, 2.45) is 0 Å². The lowest BCUT2D eigenvalue weighted by molar-refractivity contribution is -0.127. The van der Waals surface area contributed by atoms with Gasteiger partial charge in [-0.1, -0.05) is 31.5 Å². The number of benzene rings is 2. The number of hydrogen-bond acceptors (Lipinski definition) is 3. The van der Waals surface area contributed by atoms with Gasteiger partial charge in [-0.05, 0) is 68.1 Å². The third-order valence-electron chi connectivity index (χ3n) is 4.01. The van der Waals surface area contributed by atoms with Crippen LogP contribution in [-0.4, -0.2) is 25.2 Å². The van der Waals surface area contributed by atoms with Crippen LogP contribution in [0.25, 0.3) is 0 Å². The molecule has 4 heteroatoms. The normalized spacial score (nSPS) is 11.7. The molecule has 0 saturated heterocycles. The maximum absolute atomic E-state index is 12.2. The molecule has 0 radical (unpaired) electrons. The van der Waals surface area contributed by atoms with Crippen LogP contribution in [0.4, 0.5) is 0 Å². The lowest BCUT2D eigenvalue weighted by Gasteiger charge is -2.16. The number of carbonyl (C=O) groups is 1. The van der Waals surface area contributed by atoms with Crippen molar-refractivity contribution in [2.45, 2.75) is 46.6 Å². The summed E-state index contributed by atoms with van der Waals surface area (Å²) in [4.78, 5) is 12.2. The fourth-order valence-electron chi connectivity index (χ4n) is 2.79. The number of ether oxygens (including phenoxy) is 2. The summed E-state index contributed by atoms with van der Waals surface area (Å²) in [5, 5.41) is 2.84. The fourth-order valence-corrected chi connectivity index (χ4v) is 2.79. The van der Waals surface area contributed by atoms with Gasteiger partial charge in [-0.3, -0.25) is 4.79 Å². The fraction of sp³-hybridized carbons (Fsp3) is 0.409. The molecule has 140 valence electrons. The number of hydrogen-bond donors (Lipinski definition) is 1. The minimum atomic E-state index is -0.551. The molecule has 1 atom stereocenters. The molecular weight excluding hydrogens is 326 g/mol. The monoisotopic (exact) mass is 355 g/mol. The highest BCUT2D eigenvalue weighted by atomic mass is 16.5. The highest BCUT2D eigenvalue weighted by molar-refractivity contribution is 5.80. The van der Waals surface area contributed by atoms with Gasteiger partial charge in [0, 0.05) is 0 Å². The van der Waals surface area contributed by atoms with E-state index in [4.69, 9.17) is 9.47 Å². The van der Waals surface area contributed by atoms with Crippen molar-refractivity contribution in [3.8, 4) is 11.5 Å². The van der Waals surface area contributed by atoms with Crippen molar-refractivity contribution in [3.05, 3.63) is 59.2 Å². The van der Waals surface area contributed by atoms with Gasteiger partial charge in [0.05, 0.1) is 6.54 Å². The van der Waals surface area contributed by atoms with E-state index in [-0.39, 0.29) is 5.91 Å². The predicted octanol–water partition coefficient (Wildman–Crippen LogP) is 4.22. The Morgan fingerprint density at radius 3 is 2.31 bits per heavy atom. The zero-order valence-electron chi connectivity index (χ0n) is 16.2. The number of rotatable bonds is 9. The Hall–Kier alpha value is -2.49. The molecular formula is C22H29NO3. The van der Waals surface area contributed by atoms with E-state index < -0.39 is 6.10 Å². The molecule has 2 rings (SSSR count). The topological polar surface area (TPSA) is 47.6 Å². The molecule has 2 aromatic rings. The van der Waals surface area contributed by atoms with Gasteiger partial charge >= 0.3 is 0 Å². The van der Waals surface area contributed by atoms with E-state index in [1.165, 1.54) is 5.56 Å². The molecule has 1 N–H and O–H groups in total. The van der Waals surface area contributed by atoms with Gasteiger partial charge in [0.25, 0.3) is 5.91 Å². The first-order valence-corrected chi connectivity index (χ1v) is 9.22. The molecule has 0 aliphatic heterocycles. The van der Waals surface area contributed by atoms with E-state index in [1.54, 1.807) is 6.92 Å². The molecule has 0 bridgehead atoms. The van der Waals surface area contributed by atoms with Gasteiger partial charge in [0.2, 0.25) is 0 Å². The Morgan fingerprint density at radius 1 is 1.04 bits per heavy atom. The zero-order chi connectivity index (χ0) is 18.9. The third kappa shape index (κ3) is 6.43. The van der Waals surface area contributed by atoms with Crippen LogP contribution in [0, 0.1) is 13.8 Å². The van der Waals surface area contributed by atoms with Gasteiger partial charge < -0.3 is 14.8 Å². The second-order valence-corrected chi connectivity index (χ2v) is 6.62. The van der Waals surface area contributed by atoms with Crippen LogP contribution in [-0.2, 0) is 11.2 Å². The molecule has 2 aromatic carbocycles. The predicted molar refractivity (Wildman–Crippen MR) is 105 cm³/mol. The Morgan fingerprint density at radius 2 is 1.69 bits per heavy atom. The molecule has 1 amide bonds. The highest BCUT2D eigenvalue weighted by Crippen LogP contribution is 2.17. The zero-order valence-corrected chi connectivity index (χ0v) is 16.2. The molecule has 0 unspecified atom stereocenters. The minimum Gasteiger partial charge on any atom is -0.492 e. The van der Waals surface area contributed by atoms with Crippen LogP contribution >= 0.6 is 0 Å². The molecule has 0 heterocycles. The van der Waals surface area contributed by atoms with Gasteiger partial charge in [-0.25, -0.2) is 0 Å². The van der Waals surface area contributed by atoms with Crippen molar-refractivity contribution in [2.75, 3.05) is 13.2 Å². The summed E-state index contributed by atoms with van der Waals surface area (Å²) >= 11 is 0. The van der Waals surface area contributed by atoms with Crippen molar-refractivity contribution in [1.82, 2.24) is 5.32 Å². The molecule has 0 aliphatic rings. The van der Waals surface area contributed by atoms with Crippen molar-refractivity contribution in [1.29, 1.82) is 0 Å². The van der Waals surface area contributed by atoms with Gasteiger partial charge in [0.1, 0.15) is 18.1 Å². The standard InChI is InChI=1S/C22H29NO3/c1-5-6-19-7-9-20(10-8-19)25-12-11-23-22(24)18(4)26-21-14-16(2)13-17(3)15-21/h7-10,13-15,18H,5-6,11-12H2,1-4H3,(H,23,24)/t18-/m0/s1. The summed E-state index contributed by atoms with van der Waals surface area (Å²) < 4.78 is 11.4. The van der Waals surface area contributed by atoms with E-state index in [0.717, 1.165) is 29.7 Å². The number of amides is 1. The molecule has 0 aliphatic carbocycles. The van der Waals surface area contributed by atoms with E-state index in [9.17, 15) is 4.79 Å². The second-order valence-electron chi connectivity index (χ2n) is 6.62. The summed E-state index contributed by atoms with van der Waals surface area (Å²) in [6, 6.07) is 14.0. The van der Waals surface area contributed by atoms with Crippen molar-refractivity contribution < 1.29 is 14.3 Å². The lowest BCUT2D eigenvalue weighted by Crippen LogP contribution is -2.38. The van der Waals surface area contributed by atoms with Gasteiger partial charge in [-0.2, -0.15) is 0 Å². The van der Waals surface area contributed by atoms with Gasteiger partial charge in [0.15, 0.2) is 6.10 Å². The van der Waals surface area contributed by atoms with Crippen molar-refractivity contribution in [3.63, 3.8) is 0 Å². The van der Waals surface area contributed by atoms with E-state index >= 15 is 0 Å². The number of aryl methyl sites for hydroxylation is 3. The van der Waals surface area contributed by atoms with Crippen molar-refractivity contribution >= 4 is 5.91 Å². The first-order valence-electron chi connectivity index (χ1n) is 9.22. The molecule has 0 spiro atoms. The maximum Gasteiger partial charge on any atom is 0.260 e. The smallest absolute Gasteiger partial charge is 0.260 e. The summed E-state index contributed by atoms with van der Waals surface area (Å²) in [5.74, 6) is 1.39. The van der Waals surface area contributed by atoms with Crippen LogP contribution in [0.3, 0.4) is 0 Å². The number of carbonyl (C=O) groups excluding carboxylic acids is 1. The van der Waals surface area contributed by atoms with E-state index in [1.807, 2.05) is 38.1 Å². The van der Waals surface area contributed by atoms with Crippen LogP contribution in [0.1, 0.15) is 37.0 Å². The quantitative estimate of drug-likeness (QED) is 0.685. The molecule has 0 saturated carbocycles. The Kier molecular flexibility index (Phi) is 7.52. The Balaban J connectivity index is 1.72. The molecule has 0 aromatic heterocycles. The third-order valence-corrected chi connectivity index (χ3v) is 4.01. The van der Waals surface area contributed by atoms with E-state index in [2.05, 4.69) is 30.4 Å². The Labute approximate surface area is 156 Å². The molecule has 4 nitrogen and oxygen atoms in total. The number of nitrogens with one attached hydrogen (secondary N) is 1. The summed E-state index contributed by atoms with van der Waals surface area (Å²) in [6.45, 7) is 8.80. The lowest BCUT2D eigenvalue weighted by atomic mass is 10.1. The minimum absolute atomic E-state index is 0.147. The Bertz CT molecular complexity index is 690. The first-order chi connectivity index (χ1) is 12.5. The maximum atomic E-state index is 12.2. The average molecular weight is 355 g/mol. The van der Waals surface area contributed by atoms with Crippen LogP contribution < -0.4 is 14.8 Å².